The molecular weight excluding hydrogens is 428 g/mol. The predicted octanol–water partition coefficient (Wildman–Crippen LogP) is 4.96. The van der Waals surface area contributed by atoms with Crippen LogP contribution < -0.4 is 9.47 Å². The zero-order valence-corrected chi connectivity index (χ0v) is 18.6. The van der Waals surface area contributed by atoms with E-state index < -0.39 is 6.04 Å². The number of carbonyl (C=O) groups excluding carboxylic acids is 2. The molecule has 0 aliphatic carbocycles. The topological polar surface area (TPSA) is 68.7 Å². The lowest BCUT2D eigenvalue weighted by atomic mass is 10.0. The zero-order valence-electron chi connectivity index (χ0n) is 17.8. The maximum absolute atomic E-state index is 13.4. The summed E-state index contributed by atoms with van der Waals surface area (Å²) in [6.07, 6.45) is 2.14. The van der Waals surface area contributed by atoms with Gasteiger partial charge in [-0.2, -0.15) is 4.98 Å². The van der Waals surface area contributed by atoms with Crippen molar-refractivity contribution in [2.75, 3.05) is 14.2 Å². The molecule has 1 amide bonds. The van der Waals surface area contributed by atoms with E-state index in [0.717, 1.165) is 23.0 Å². The summed E-state index contributed by atoms with van der Waals surface area (Å²) in [6.45, 7) is 0. The molecular formula is C25H23ClN2O4. The van der Waals surface area contributed by atoms with Crippen molar-refractivity contribution in [2.24, 2.45) is 0 Å². The highest BCUT2D eigenvalue weighted by atomic mass is 35.5. The van der Waals surface area contributed by atoms with E-state index >= 15 is 0 Å². The molecule has 32 heavy (non-hydrogen) atoms. The highest BCUT2D eigenvalue weighted by Crippen LogP contribution is 2.39. The number of carbonyl (C=O) groups is 2. The average molecular weight is 451 g/mol. The molecule has 7 heteroatoms. The number of rotatable bonds is 6. The monoisotopic (exact) mass is 450 g/mol. The minimum absolute atomic E-state index is 0.198. The third-order valence-electron chi connectivity index (χ3n) is 5.76. The van der Waals surface area contributed by atoms with Crippen molar-refractivity contribution in [1.29, 1.82) is 0 Å². The van der Waals surface area contributed by atoms with E-state index in [4.69, 9.17) is 21.1 Å². The van der Waals surface area contributed by atoms with Gasteiger partial charge in [-0.25, -0.2) is 0 Å². The quantitative estimate of drug-likeness (QED) is 0.496. The number of benzene rings is 2. The van der Waals surface area contributed by atoms with E-state index in [1.165, 1.54) is 0 Å². The Labute approximate surface area is 191 Å². The normalized spacial score (nSPS) is 17.8. The Morgan fingerprint density at radius 1 is 1.03 bits per heavy atom. The minimum atomic E-state index is -0.477. The van der Waals surface area contributed by atoms with Crippen LogP contribution in [0, 0.1) is 0 Å². The van der Waals surface area contributed by atoms with Gasteiger partial charge in [-0.1, -0.05) is 41.9 Å². The van der Waals surface area contributed by atoms with Crippen molar-refractivity contribution < 1.29 is 19.1 Å². The van der Waals surface area contributed by atoms with Crippen LogP contribution in [0.3, 0.4) is 0 Å². The van der Waals surface area contributed by atoms with E-state index in [9.17, 15) is 9.59 Å². The van der Waals surface area contributed by atoms with Crippen LogP contribution >= 0.6 is 11.6 Å². The van der Waals surface area contributed by atoms with Gasteiger partial charge in [0.2, 0.25) is 11.8 Å². The minimum Gasteiger partial charge on any atom is -0.481 e. The standard InChI is InChI=1S/C25H23ClN2O4/c1-31-23-14-12-19(24(27-23)32-2)16-7-9-17(10-8-16)25(30)28-18(15-29)11-13-22(28)20-5-3-4-6-21(20)26/h3-10,12,14-15,18,22H,11,13H2,1-2H3/t18-,22+/m0/s1. The second kappa shape index (κ2) is 9.40. The lowest BCUT2D eigenvalue weighted by molar-refractivity contribution is -0.111. The van der Waals surface area contributed by atoms with E-state index in [1.807, 2.05) is 36.4 Å². The van der Waals surface area contributed by atoms with Crippen molar-refractivity contribution in [3.63, 3.8) is 0 Å². The van der Waals surface area contributed by atoms with Crippen LogP contribution in [0.2, 0.25) is 5.02 Å². The molecule has 2 aromatic carbocycles. The number of aldehydes is 1. The molecule has 0 radical (unpaired) electrons. The summed E-state index contributed by atoms with van der Waals surface area (Å²) >= 11 is 6.40. The average Bonchev–Trinajstić information content (AvgIpc) is 3.27. The fraction of sp³-hybridized carbons (Fsp3) is 0.240. The van der Waals surface area contributed by atoms with Gasteiger partial charge >= 0.3 is 0 Å². The number of methoxy groups -OCH3 is 2. The number of nitrogens with zero attached hydrogens (tertiary/aromatic N) is 2. The number of likely N-dealkylation sites (tertiary alicyclic amines) is 1. The molecule has 2 atom stereocenters. The fourth-order valence-electron chi connectivity index (χ4n) is 4.17. The van der Waals surface area contributed by atoms with Crippen LogP contribution in [0.25, 0.3) is 11.1 Å². The number of amides is 1. The first-order chi connectivity index (χ1) is 15.6. The van der Waals surface area contributed by atoms with Gasteiger partial charge in [0.15, 0.2) is 0 Å². The number of ether oxygens (including phenoxy) is 2. The zero-order chi connectivity index (χ0) is 22.7. The SMILES string of the molecule is COc1ccc(-c2ccc(C(=O)N3[C@H](C=O)CC[C@@H]3c3ccccc3Cl)cc2)c(OC)n1. The van der Waals surface area contributed by atoms with Gasteiger partial charge in [0.1, 0.15) is 6.29 Å². The van der Waals surface area contributed by atoms with Gasteiger partial charge in [0.25, 0.3) is 5.91 Å². The smallest absolute Gasteiger partial charge is 0.254 e. The summed E-state index contributed by atoms with van der Waals surface area (Å²) in [5.74, 6) is 0.690. The number of hydrogen-bond acceptors (Lipinski definition) is 5. The molecule has 1 saturated heterocycles. The molecule has 0 saturated carbocycles. The maximum atomic E-state index is 13.4. The molecule has 1 aliphatic rings. The highest BCUT2D eigenvalue weighted by Gasteiger charge is 2.38. The van der Waals surface area contributed by atoms with Gasteiger partial charge in [-0.15, -0.1) is 0 Å². The lowest BCUT2D eigenvalue weighted by Crippen LogP contribution is -2.38. The Morgan fingerprint density at radius 3 is 2.44 bits per heavy atom. The molecule has 4 rings (SSSR count). The van der Waals surface area contributed by atoms with Crippen molar-refractivity contribution in [3.8, 4) is 22.9 Å². The van der Waals surface area contributed by atoms with Crippen LogP contribution in [0.1, 0.15) is 34.8 Å². The van der Waals surface area contributed by atoms with Gasteiger partial charge < -0.3 is 19.2 Å². The van der Waals surface area contributed by atoms with E-state index in [0.29, 0.717) is 35.2 Å². The van der Waals surface area contributed by atoms with Crippen molar-refractivity contribution in [1.82, 2.24) is 9.88 Å². The summed E-state index contributed by atoms with van der Waals surface area (Å²) in [6, 6.07) is 17.6. The molecule has 1 fully saturated rings. The molecule has 1 aliphatic heterocycles. The van der Waals surface area contributed by atoms with E-state index in [-0.39, 0.29) is 11.9 Å². The third kappa shape index (κ3) is 4.06. The second-order valence-corrected chi connectivity index (χ2v) is 7.93. The van der Waals surface area contributed by atoms with Crippen molar-refractivity contribution >= 4 is 23.8 Å². The summed E-state index contributed by atoms with van der Waals surface area (Å²) in [7, 11) is 3.09. The summed E-state index contributed by atoms with van der Waals surface area (Å²) in [5, 5.41) is 0.594. The third-order valence-corrected chi connectivity index (χ3v) is 6.11. The molecule has 0 bridgehead atoms. The Morgan fingerprint density at radius 2 is 1.78 bits per heavy atom. The summed E-state index contributed by atoms with van der Waals surface area (Å²) < 4.78 is 10.5. The maximum Gasteiger partial charge on any atom is 0.254 e. The first kappa shape index (κ1) is 21.8. The first-order valence-corrected chi connectivity index (χ1v) is 10.7. The molecule has 2 heterocycles. The predicted molar refractivity (Wildman–Crippen MR) is 122 cm³/mol. The second-order valence-electron chi connectivity index (χ2n) is 7.52. The molecule has 1 aromatic heterocycles. The van der Waals surface area contributed by atoms with Crippen LogP contribution in [0.5, 0.6) is 11.8 Å². The number of halogens is 1. The number of aromatic nitrogens is 1. The van der Waals surface area contributed by atoms with Crippen molar-refractivity contribution in [2.45, 2.75) is 24.9 Å². The highest BCUT2D eigenvalue weighted by molar-refractivity contribution is 6.31. The van der Waals surface area contributed by atoms with Crippen LogP contribution in [-0.4, -0.2) is 42.3 Å². The molecule has 164 valence electrons. The van der Waals surface area contributed by atoms with Crippen LogP contribution in [-0.2, 0) is 4.79 Å². The summed E-state index contributed by atoms with van der Waals surface area (Å²) in [4.78, 5) is 31.1. The van der Waals surface area contributed by atoms with E-state index in [1.54, 1.807) is 43.4 Å². The Bertz CT molecular complexity index is 1130. The Balaban J connectivity index is 1.64. The van der Waals surface area contributed by atoms with E-state index in [2.05, 4.69) is 4.98 Å². The van der Waals surface area contributed by atoms with Gasteiger partial charge in [-0.3, -0.25) is 4.79 Å². The molecule has 3 aromatic rings. The summed E-state index contributed by atoms with van der Waals surface area (Å²) in [5.41, 5.74) is 3.00. The number of pyridine rings is 1. The largest absolute Gasteiger partial charge is 0.481 e. The lowest BCUT2D eigenvalue weighted by Gasteiger charge is -2.29. The first-order valence-electron chi connectivity index (χ1n) is 10.3. The Kier molecular flexibility index (Phi) is 6.42. The van der Waals surface area contributed by atoms with Crippen molar-refractivity contribution in [3.05, 3.63) is 76.8 Å². The van der Waals surface area contributed by atoms with Crippen LogP contribution in [0.4, 0.5) is 0 Å². The van der Waals surface area contributed by atoms with Gasteiger partial charge in [0.05, 0.1) is 26.3 Å². The fourth-order valence-corrected chi connectivity index (χ4v) is 4.43. The number of hydrogen-bond donors (Lipinski definition) is 0. The molecule has 6 nitrogen and oxygen atoms in total. The van der Waals surface area contributed by atoms with Gasteiger partial charge in [-0.05, 0) is 48.2 Å². The van der Waals surface area contributed by atoms with Crippen LogP contribution in [0.15, 0.2) is 60.7 Å². The molecule has 0 spiro atoms. The van der Waals surface area contributed by atoms with Gasteiger partial charge in [0, 0.05) is 22.2 Å². The molecule has 0 unspecified atom stereocenters. The Hall–Kier alpha value is -3.38. The molecule has 0 N–H and O–H groups in total.